The number of aromatic amines is 1. The van der Waals surface area contributed by atoms with Gasteiger partial charge in [0.05, 0.1) is 5.56 Å². The van der Waals surface area contributed by atoms with Gasteiger partial charge in [0, 0.05) is 13.1 Å². The highest BCUT2D eigenvalue weighted by molar-refractivity contribution is 5.38. The minimum Gasteiger partial charge on any atom is -0.385 e. The van der Waals surface area contributed by atoms with Gasteiger partial charge in [-0.3, -0.25) is 19.2 Å². The van der Waals surface area contributed by atoms with Gasteiger partial charge in [-0.05, 0) is 32.9 Å². The summed E-state index contributed by atoms with van der Waals surface area (Å²) >= 11 is 0. The van der Waals surface area contributed by atoms with Crippen molar-refractivity contribution in [3.8, 4) is 0 Å². The van der Waals surface area contributed by atoms with Crippen LogP contribution in [0.15, 0.2) is 9.59 Å². The van der Waals surface area contributed by atoms with Crippen LogP contribution in [0.25, 0.3) is 0 Å². The molecule has 1 aromatic rings. The van der Waals surface area contributed by atoms with Crippen LogP contribution in [0.4, 0.5) is 5.82 Å². The second-order valence-electron chi connectivity index (χ2n) is 5.06. The summed E-state index contributed by atoms with van der Waals surface area (Å²) in [5.74, 6) is 0.306. The van der Waals surface area contributed by atoms with E-state index in [-0.39, 0.29) is 5.56 Å². The molecule has 6 heteroatoms. The van der Waals surface area contributed by atoms with E-state index >= 15 is 0 Å². The number of aromatic nitrogens is 2. The van der Waals surface area contributed by atoms with Crippen molar-refractivity contribution in [1.29, 1.82) is 0 Å². The number of H-pyrrole nitrogens is 1. The first-order valence-electron chi connectivity index (χ1n) is 6.97. The molecule has 1 aliphatic heterocycles. The number of hydrogen-bond donors (Lipinski definition) is 2. The molecule has 1 aliphatic rings. The molecular weight excluding hydrogens is 244 g/mol. The summed E-state index contributed by atoms with van der Waals surface area (Å²) in [5.41, 5.74) is 5.71. The molecule has 0 aromatic carbocycles. The number of nitrogens with one attached hydrogen (secondary N) is 1. The zero-order chi connectivity index (χ0) is 13.8. The van der Waals surface area contributed by atoms with E-state index in [9.17, 15) is 9.59 Å². The Bertz CT molecular complexity index is 539. The lowest BCUT2D eigenvalue weighted by molar-refractivity contribution is 0.275. The molecule has 0 bridgehead atoms. The van der Waals surface area contributed by atoms with Crippen molar-refractivity contribution >= 4 is 5.82 Å². The summed E-state index contributed by atoms with van der Waals surface area (Å²) in [6, 6.07) is 0. The third-order valence-electron chi connectivity index (χ3n) is 3.74. The molecule has 2 rings (SSSR count). The molecule has 0 spiro atoms. The van der Waals surface area contributed by atoms with E-state index in [1.54, 1.807) is 0 Å². The molecule has 0 saturated carbocycles. The normalized spacial score (nSPS) is 17.3. The van der Waals surface area contributed by atoms with Gasteiger partial charge in [0.2, 0.25) is 0 Å². The fourth-order valence-electron chi connectivity index (χ4n) is 2.61. The fourth-order valence-corrected chi connectivity index (χ4v) is 2.61. The average Bonchev–Trinajstić information content (AvgIpc) is 2.63. The molecule has 106 valence electrons. The maximum Gasteiger partial charge on any atom is 0.329 e. The summed E-state index contributed by atoms with van der Waals surface area (Å²) in [6.07, 6.45) is 4.81. The van der Waals surface area contributed by atoms with E-state index in [4.69, 9.17) is 5.73 Å². The van der Waals surface area contributed by atoms with Crippen LogP contribution < -0.4 is 17.0 Å². The van der Waals surface area contributed by atoms with Crippen molar-refractivity contribution in [2.45, 2.75) is 45.7 Å². The molecular formula is C13H22N4O2. The van der Waals surface area contributed by atoms with E-state index in [0.29, 0.717) is 24.5 Å². The van der Waals surface area contributed by atoms with Crippen LogP contribution >= 0.6 is 0 Å². The number of anilines is 1. The third kappa shape index (κ3) is 3.07. The molecule has 0 unspecified atom stereocenters. The van der Waals surface area contributed by atoms with E-state index in [2.05, 4.69) is 9.88 Å². The number of likely N-dealkylation sites (tertiary alicyclic amines) is 1. The van der Waals surface area contributed by atoms with E-state index in [1.165, 1.54) is 17.4 Å². The van der Waals surface area contributed by atoms with Crippen LogP contribution in [-0.2, 0) is 13.1 Å². The molecule has 2 heterocycles. The van der Waals surface area contributed by atoms with Gasteiger partial charge in [0.15, 0.2) is 0 Å². The van der Waals surface area contributed by atoms with E-state index < -0.39 is 5.69 Å². The monoisotopic (exact) mass is 266 g/mol. The quantitative estimate of drug-likeness (QED) is 0.835. The first kappa shape index (κ1) is 13.9. The number of rotatable bonds is 3. The SMILES string of the molecule is CCn1c(N)c(CN2CCCCCC2)c(=O)[nH]c1=O. The van der Waals surface area contributed by atoms with Gasteiger partial charge in [-0.2, -0.15) is 0 Å². The minimum absolute atomic E-state index is 0.306. The molecule has 0 aliphatic carbocycles. The summed E-state index contributed by atoms with van der Waals surface area (Å²) < 4.78 is 1.41. The van der Waals surface area contributed by atoms with E-state index in [0.717, 1.165) is 25.9 Å². The highest BCUT2D eigenvalue weighted by Gasteiger charge is 2.16. The minimum atomic E-state index is -0.426. The molecule has 0 atom stereocenters. The lowest BCUT2D eigenvalue weighted by Crippen LogP contribution is -2.37. The lowest BCUT2D eigenvalue weighted by Gasteiger charge is -2.20. The predicted molar refractivity (Wildman–Crippen MR) is 75.2 cm³/mol. The molecule has 0 radical (unpaired) electrons. The van der Waals surface area contributed by atoms with Gasteiger partial charge in [0.1, 0.15) is 5.82 Å². The zero-order valence-corrected chi connectivity index (χ0v) is 11.4. The van der Waals surface area contributed by atoms with Crippen LogP contribution in [0.3, 0.4) is 0 Å². The van der Waals surface area contributed by atoms with Gasteiger partial charge in [-0.15, -0.1) is 0 Å². The van der Waals surface area contributed by atoms with Crippen LogP contribution in [0, 0.1) is 0 Å². The van der Waals surface area contributed by atoms with Crippen LogP contribution in [0.5, 0.6) is 0 Å². The lowest BCUT2D eigenvalue weighted by atomic mass is 10.2. The molecule has 1 saturated heterocycles. The average molecular weight is 266 g/mol. The van der Waals surface area contributed by atoms with Gasteiger partial charge in [0.25, 0.3) is 5.56 Å². The standard InChI is InChI=1S/C13H22N4O2/c1-2-17-11(14)10(12(18)15-13(17)19)9-16-7-5-3-4-6-8-16/h2-9,14H2,1H3,(H,15,18,19). The van der Waals surface area contributed by atoms with Crippen molar-refractivity contribution in [2.75, 3.05) is 18.8 Å². The Morgan fingerprint density at radius 1 is 1.16 bits per heavy atom. The summed E-state index contributed by atoms with van der Waals surface area (Å²) in [4.78, 5) is 28.1. The number of nitrogen functional groups attached to an aromatic ring is 1. The van der Waals surface area contributed by atoms with Crippen LogP contribution in [-0.4, -0.2) is 27.5 Å². The predicted octanol–water partition coefficient (Wildman–Crippen LogP) is 0.515. The smallest absolute Gasteiger partial charge is 0.329 e. The number of hydrogen-bond acceptors (Lipinski definition) is 4. The molecule has 19 heavy (non-hydrogen) atoms. The molecule has 0 amide bonds. The summed E-state index contributed by atoms with van der Waals surface area (Å²) in [7, 11) is 0. The van der Waals surface area contributed by atoms with Gasteiger partial charge in [-0.25, -0.2) is 4.79 Å². The highest BCUT2D eigenvalue weighted by Crippen LogP contribution is 2.14. The van der Waals surface area contributed by atoms with Crippen LogP contribution in [0.1, 0.15) is 38.2 Å². The second-order valence-corrected chi connectivity index (χ2v) is 5.06. The van der Waals surface area contributed by atoms with Crippen molar-refractivity contribution in [3.05, 3.63) is 26.4 Å². The molecule has 6 nitrogen and oxygen atoms in total. The Kier molecular flexibility index (Phi) is 4.42. The number of nitrogens with zero attached hydrogens (tertiary/aromatic N) is 2. The van der Waals surface area contributed by atoms with Crippen molar-refractivity contribution in [1.82, 2.24) is 14.5 Å². The van der Waals surface area contributed by atoms with Gasteiger partial charge in [-0.1, -0.05) is 12.8 Å². The van der Waals surface area contributed by atoms with Gasteiger partial charge >= 0.3 is 5.69 Å². The Morgan fingerprint density at radius 2 is 1.79 bits per heavy atom. The maximum atomic E-state index is 11.9. The van der Waals surface area contributed by atoms with E-state index in [1.807, 2.05) is 6.92 Å². The molecule has 3 N–H and O–H groups in total. The Morgan fingerprint density at radius 3 is 2.37 bits per heavy atom. The third-order valence-corrected chi connectivity index (χ3v) is 3.74. The number of nitrogens with two attached hydrogens (primary N) is 1. The topological polar surface area (TPSA) is 84.1 Å². The summed E-state index contributed by atoms with van der Waals surface area (Å²) in [5, 5.41) is 0. The largest absolute Gasteiger partial charge is 0.385 e. The Balaban J connectivity index is 2.29. The molecule has 1 aromatic heterocycles. The second kappa shape index (κ2) is 6.06. The fraction of sp³-hybridized carbons (Fsp3) is 0.692. The first-order valence-corrected chi connectivity index (χ1v) is 6.97. The van der Waals surface area contributed by atoms with Gasteiger partial charge < -0.3 is 5.73 Å². The highest BCUT2D eigenvalue weighted by atomic mass is 16.2. The maximum absolute atomic E-state index is 11.9. The van der Waals surface area contributed by atoms with Crippen LogP contribution in [0.2, 0.25) is 0 Å². The molecule has 1 fully saturated rings. The van der Waals surface area contributed by atoms with Crippen molar-refractivity contribution in [3.63, 3.8) is 0 Å². The summed E-state index contributed by atoms with van der Waals surface area (Å²) in [6.45, 7) is 4.82. The Labute approximate surface area is 112 Å². The zero-order valence-electron chi connectivity index (χ0n) is 11.4. The van der Waals surface area contributed by atoms with Crippen molar-refractivity contribution in [2.24, 2.45) is 0 Å². The first-order chi connectivity index (χ1) is 9.13. The van der Waals surface area contributed by atoms with Crippen molar-refractivity contribution < 1.29 is 0 Å². The Hall–Kier alpha value is -1.56.